The predicted molar refractivity (Wildman–Crippen MR) is 59.7 cm³/mol. The lowest BCUT2D eigenvalue weighted by molar-refractivity contribution is -0.141. The van der Waals surface area contributed by atoms with E-state index in [0.717, 1.165) is 0 Å². The SMILES string of the molecule is CC(CCNC(=O)[C@H](CC(=O)O)NC=O)C(=O)O. The van der Waals surface area contributed by atoms with Crippen LogP contribution in [0, 0.1) is 5.92 Å². The molecule has 0 spiro atoms. The molecule has 0 aromatic carbocycles. The van der Waals surface area contributed by atoms with Gasteiger partial charge in [-0.25, -0.2) is 0 Å². The van der Waals surface area contributed by atoms with E-state index < -0.39 is 36.2 Å². The fourth-order valence-electron chi connectivity index (χ4n) is 1.14. The maximum atomic E-state index is 11.5. The normalized spacial score (nSPS) is 13.2. The molecule has 0 aliphatic carbocycles. The number of hydrogen-bond donors (Lipinski definition) is 4. The monoisotopic (exact) mass is 260 g/mol. The average Bonchev–Trinajstić information content (AvgIpc) is 2.27. The lowest BCUT2D eigenvalue weighted by Crippen LogP contribution is -2.45. The molecule has 0 saturated heterocycles. The Bertz CT molecular complexity index is 330. The Morgan fingerprint density at radius 1 is 1.28 bits per heavy atom. The highest BCUT2D eigenvalue weighted by atomic mass is 16.4. The predicted octanol–water partition coefficient (Wildman–Crippen LogP) is -1.20. The maximum absolute atomic E-state index is 11.5. The number of nitrogens with one attached hydrogen (secondary N) is 2. The van der Waals surface area contributed by atoms with Gasteiger partial charge in [-0.3, -0.25) is 19.2 Å². The number of amides is 2. The van der Waals surface area contributed by atoms with Crippen molar-refractivity contribution in [1.82, 2.24) is 10.6 Å². The third-order valence-corrected chi connectivity index (χ3v) is 2.26. The topological polar surface area (TPSA) is 133 Å². The van der Waals surface area contributed by atoms with Crippen LogP contribution in [0.1, 0.15) is 19.8 Å². The molecular weight excluding hydrogens is 244 g/mol. The third kappa shape index (κ3) is 6.46. The molecule has 0 heterocycles. The van der Waals surface area contributed by atoms with Gasteiger partial charge in [0, 0.05) is 6.54 Å². The summed E-state index contributed by atoms with van der Waals surface area (Å²) in [5, 5.41) is 21.6. The molecule has 0 aromatic rings. The van der Waals surface area contributed by atoms with Gasteiger partial charge in [0.2, 0.25) is 12.3 Å². The van der Waals surface area contributed by atoms with E-state index in [1.807, 2.05) is 0 Å². The van der Waals surface area contributed by atoms with E-state index in [-0.39, 0.29) is 19.4 Å². The zero-order chi connectivity index (χ0) is 14.1. The van der Waals surface area contributed by atoms with E-state index in [1.54, 1.807) is 0 Å². The molecule has 0 bridgehead atoms. The lowest BCUT2D eigenvalue weighted by atomic mass is 10.1. The van der Waals surface area contributed by atoms with Gasteiger partial charge in [-0.05, 0) is 6.42 Å². The Labute approximate surface area is 103 Å². The summed E-state index contributed by atoms with van der Waals surface area (Å²) in [5.41, 5.74) is 0. The number of carbonyl (C=O) groups excluding carboxylic acids is 2. The van der Waals surface area contributed by atoms with Crippen molar-refractivity contribution in [1.29, 1.82) is 0 Å². The van der Waals surface area contributed by atoms with E-state index in [9.17, 15) is 19.2 Å². The summed E-state index contributed by atoms with van der Waals surface area (Å²) >= 11 is 0. The van der Waals surface area contributed by atoms with Crippen molar-refractivity contribution in [2.24, 2.45) is 5.92 Å². The molecule has 2 amide bonds. The van der Waals surface area contributed by atoms with Crippen LogP contribution in [0.15, 0.2) is 0 Å². The summed E-state index contributed by atoms with van der Waals surface area (Å²) in [6, 6.07) is -1.15. The van der Waals surface area contributed by atoms with Gasteiger partial charge in [-0.2, -0.15) is 0 Å². The molecule has 0 aliphatic rings. The first kappa shape index (κ1) is 15.9. The molecule has 0 saturated carbocycles. The molecule has 0 aliphatic heterocycles. The first-order valence-corrected chi connectivity index (χ1v) is 5.30. The van der Waals surface area contributed by atoms with Crippen molar-refractivity contribution in [3.05, 3.63) is 0 Å². The van der Waals surface area contributed by atoms with E-state index in [1.165, 1.54) is 6.92 Å². The summed E-state index contributed by atoms with van der Waals surface area (Å²) in [6.07, 6.45) is -0.0614. The van der Waals surface area contributed by atoms with E-state index in [2.05, 4.69) is 10.6 Å². The minimum absolute atomic E-state index is 0.100. The molecule has 8 heteroatoms. The van der Waals surface area contributed by atoms with E-state index >= 15 is 0 Å². The van der Waals surface area contributed by atoms with Crippen LogP contribution in [0.3, 0.4) is 0 Å². The molecule has 18 heavy (non-hydrogen) atoms. The van der Waals surface area contributed by atoms with E-state index in [0.29, 0.717) is 0 Å². The summed E-state index contributed by atoms with van der Waals surface area (Å²) in [4.78, 5) is 42.6. The van der Waals surface area contributed by atoms with Gasteiger partial charge in [-0.1, -0.05) is 6.92 Å². The van der Waals surface area contributed by atoms with Crippen molar-refractivity contribution in [2.45, 2.75) is 25.8 Å². The number of aliphatic carboxylic acids is 2. The second-order valence-corrected chi connectivity index (χ2v) is 3.75. The van der Waals surface area contributed by atoms with Crippen molar-refractivity contribution >= 4 is 24.3 Å². The fourth-order valence-corrected chi connectivity index (χ4v) is 1.14. The zero-order valence-electron chi connectivity index (χ0n) is 9.88. The molecule has 8 nitrogen and oxygen atoms in total. The van der Waals surface area contributed by atoms with Crippen molar-refractivity contribution < 1.29 is 29.4 Å². The number of rotatable bonds is 9. The number of hydrogen-bond acceptors (Lipinski definition) is 4. The molecule has 0 aromatic heterocycles. The Morgan fingerprint density at radius 3 is 2.33 bits per heavy atom. The summed E-state index contributed by atoms with van der Waals surface area (Å²) in [5.74, 6) is -3.45. The van der Waals surface area contributed by atoms with Crippen LogP contribution in [0.25, 0.3) is 0 Å². The largest absolute Gasteiger partial charge is 0.481 e. The van der Waals surface area contributed by atoms with Crippen LogP contribution < -0.4 is 10.6 Å². The van der Waals surface area contributed by atoms with Gasteiger partial charge >= 0.3 is 11.9 Å². The molecule has 0 fully saturated rings. The summed E-state index contributed by atoms with van der Waals surface area (Å²) in [6.45, 7) is 1.59. The fraction of sp³-hybridized carbons (Fsp3) is 0.600. The molecule has 102 valence electrons. The third-order valence-electron chi connectivity index (χ3n) is 2.26. The van der Waals surface area contributed by atoms with Crippen LogP contribution >= 0.6 is 0 Å². The van der Waals surface area contributed by atoms with Gasteiger partial charge in [0.05, 0.1) is 12.3 Å². The molecule has 2 atom stereocenters. The second-order valence-electron chi connectivity index (χ2n) is 3.75. The minimum atomic E-state index is -1.22. The molecule has 0 radical (unpaired) electrons. The standard InChI is InChI=1S/C10H16N2O6/c1-6(10(17)18)2-3-11-9(16)7(12-5-13)4-8(14)15/h5-7H,2-4H2,1H3,(H,11,16)(H,12,13)(H,14,15)(H,17,18)/t6?,7-/m0/s1. The number of carboxylic acid groups (broad SMARTS) is 2. The number of carboxylic acids is 2. The Kier molecular flexibility index (Phi) is 7.10. The van der Waals surface area contributed by atoms with Crippen molar-refractivity contribution in [3.8, 4) is 0 Å². The Hall–Kier alpha value is -2.12. The maximum Gasteiger partial charge on any atom is 0.306 e. The first-order chi connectivity index (χ1) is 8.38. The summed E-state index contributed by atoms with van der Waals surface area (Å²) < 4.78 is 0. The Morgan fingerprint density at radius 2 is 1.89 bits per heavy atom. The van der Waals surface area contributed by atoms with Crippen LogP contribution in [-0.4, -0.2) is 47.1 Å². The van der Waals surface area contributed by atoms with Crippen molar-refractivity contribution in [2.75, 3.05) is 6.54 Å². The van der Waals surface area contributed by atoms with Gasteiger partial charge in [0.1, 0.15) is 6.04 Å². The molecule has 0 rings (SSSR count). The smallest absolute Gasteiger partial charge is 0.306 e. The average molecular weight is 260 g/mol. The van der Waals surface area contributed by atoms with Gasteiger partial charge in [0.15, 0.2) is 0 Å². The molecule has 4 N–H and O–H groups in total. The number of carbonyl (C=O) groups is 4. The van der Waals surface area contributed by atoms with Gasteiger partial charge in [0.25, 0.3) is 0 Å². The zero-order valence-corrected chi connectivity index (χ0v) is 9.88. The van der Waals surface area contributed by atoms with Gasteiger partial charge < -0.3 is 20.8 Å². The van der Waals surface area contributed by atoms with Crippen LogP contribution in [0.5, 0.6) is 0 Å². The Balaban J connectivity index is 4.13. The highest BCUT2D eigenvalue weighted by molar-refractivity contribution is 5.87. The van der Waals surface area contributed by atoms with Gasteiger partial charge in [-0.15, -0.1) is 0 Å². The summed E-state index contributed by atoms with van der Waals surface area (Å²) in [7, 11) is 0. The van der Waals surface area contributed by atoms with Crippen LogP contribution in [0.4, 0.5) is 0 Å². The lowest BCUT2D eigenvalue weighted by Gasteiger charge is -2.14. The van der Waals surface area contributed by atoms with Crippen molar-refractivity contribution in [3.63, 3.8) is 0 Å². The second kappa shape index (κ2) is 8.04. The molecule has 1 unspecified atom stereocenters. The van der Waals surface area contributed by atoms with E-state index in [4.69, 9.17) is 10.2 Å². The highest BCUT2D eigenvalue weighted by Crippen LogP contribution is 2.00. The molecular formula is C10H16N2O6. The van der Waals surface area contributed by atoms with Crippen LogP contribution in [0.2, 0.25) is 0 Å². The minimum Gasteiger partial charge on any atom is -0.481 e. The quantitative estimate of drug-likeness (QED) is 0.385. The first-order valence-electron chi connectivity index (χ1n) is 5.30. The van der Waals surface area contributed by atoms with Crippen LogP contribution in [-0.2, 0) is 19.2 Å². The highest BCUT2D eigenvalue weighted by Gasteiger charge is 2.21.